The fourth-order valence-corrected chi connectivity index (χ4v) is 3.58. The van der Waals surface area contributed by atoms with Crippen molar-refractivity contribution in [1.82, 2.24) is 0 Å². The van der Waals surface area contributed by atoms with Crippen LogP contribution in [0.3, 0.4) is 0 Å². The fraction of sp³-hybridized carbons (Fsp3) is 0.600. The van der Waals surface area contributed by atoms with Crippen molar-refractivity contribution in [2.45, 2.75) is 77.0 Å². The van der Waals surface area contributed by atoms with Gasteiger partial charge in [-0.1, -0.05) is 58.1 Å². The summed E-state index contributed by atoms with van der Waals surface area (Å²) in [6, 6.07) is 5.20. The highest BCUT2D eigenvalue weighted by Gasteiger charge is 2.34. The number of ether oxygens (including phenoxy) is 1. The van der Waals surface area contributed by atoms with Gasteiger partial charge in [-0.2, -0.15) is 0 Å². The molecule has 0 spiro atoms. The van der Waals surface area contributed by atoms with Gasteiger partial charge >= 0.3 is 11.9 Å². The van der Waals surface area contributed by atoms with E-state index in [1.54, 1.807) is 6.07 Å². The van der Waals surface area contributed by atoms with E-state index < -0.39 is 5.97 Å². The van der Waals surface area contributed by atoms with E-state index in [2.05, 4.69) is 13.8 Å². The molecule has 0 saturated heterocycles. The number of carbonyl (C=O) groups excluding carboxylic acids is 1. The molecule has 0 bridgehead atoms. The Kier molecular flexibility index (Phi) is 6.41. The number of para-hydroxylation sites is 1. The molecule has 0 aliphatic heterocycles. The Bertz CT molecular complexity index is 585. The van der Waals surface area contributed by atoms with E-state index in [4.69, 9.17) is 4.74 Å². The summed E-state index contributed by atoms with van der Waals surface area (Å²) in [4.78, 5) is 23.8. The maximum atomic E-state index is 12.2. The second-order valence-electron chi connectivity index (χ2n) is 7.04. The zero-order chi connectivity index (χ0) is 17.6. The molecule has 1 saturated carbocycles. The maximum absolute atomic E-state index is 12.2. The lowest BCUT2D eigenvalue weighted by Crippen LogP contribution is -2.27. The van der Waals surface area contributed by atoms with Crippen molar-refractivity contribution in [3.05, 3.63) is 29.3 Å². The molecule has 1 aliphatic rings. The van der Waals surface area contributed by atoms with Crippen molar-refractivity contribution >= 4 is 11.9 Å². The number of benzene rings is 1. The lowest BCUT2D eigenvalue weighted by Gasteiger charge is -2.35. The second kappa shape index (κ2) is 8.32. The normalized spacial score (nSPS) is 16.6. The summed E-state index contributed by atoms with van der Waals surface area (Å²) in [6.45, 7) is 4.23. The van der Waals surface area contributed by atoms with E-state index in [-0.39, 0.29) is 22.7 Å². The molecule has 1 aromatic carbocycles. The summed E-state index contributed by atoms with van der Waals surface area (Å²) >= 11 is 0. The number of unbranched alkanes of at least 4 members (excludes halogenated alkanes) is 2. The first-order chi connectivity index (χ1) is 11.5. The van der Waals surface area contributed by atoms with Crippen molar-refractivity contribution in [1.29, 1.82) is 0 Å². The molecule has 4 nitrogen and oxygen atoms in total. The van der Waals surface area contributed by atoms with Crippen molar-refractivity contribution in [2.24, 2.45) is 0 Å². The highest BCUT2D eigenvalue weighted by Crippen LogP contribution is 2.44. The third kappa shape index (κ3) is 4.37. The van der Waals surface area contributed by atoms with Crippen LogP contribution in [0.4, 0.5) is 0 Å². The van der Waals surface area contributed by atoms with Crippen LogP contribution < -0.4 is 4.74 Å². The molecule has 1 aromatic rings. The standard InChI is InChI=1S/C20H28O4/c1-3-4-6-12-17(21)24-18-15(19(22)23)10-9-11-16(18)20(2)13-7-5-8-14-20/h9-11H,3-8,12-14H2,1-2H3,(H,22,23). The van der Waals surface area contributed by atoms with Crippen LogP contribution in [0.25, 0.3) is 0 Å². The van der Waals surface area contributed by atoms with Gasteiger partial charge in [-0.15, -0.1) is 0 Å². The summed E-state index contributed by atoms with van der Waals surface area (Å²) in [6.07, 6.45) is 8.56. The first kappa shape index (κ1) is 18.5. The van der Waals surface area contributed by atoms with Crippen molar-refractivity contribution in [3.8, 4) is 5.75 Å². The highest BCUT2D eigenvalue weighted by molar-refractivity contribution is 5.92. The number of carbonyl (C=O) groups is 2. The largest absolute Gasteiger partial charge is 0.478 e. The van der Waals surface area contributed by atoms with Gasteiger partial charge < -0.3 is 9.84 Å². The molecule has 1 fully saturated rings. The Hall–Kier alpha value is -1.84. The second-order valence-corrected chi connectivity index (χ2v) is 7.04. The number of aromatic carboxylic acids is 1. The number of hydrogen-bond donors (Lipinski definition) is 1. The van der Waals surface area contributed by atoms with E-state index in [1.807, 2.05) is 6.07 Å². The molecular formula is C20H28O4. The van der Waals surface area contributed by atoms with Crippen molar-refractivity contribution in [3.63, 3.8) is 0 Å². The van der Waals surface area contributed by atoms with Crippen LogP contribution in [0.15, 0.2) is 18.2 Å². The maximum Gasteiger partial charge on any atom is 0.339 e. The van der Waals surface area contributed by atoms with Gasteiger partial charge in [-0.25, -0.2) is 4.79 Å². The predicted octanol–water partition coefficient (Wildman–Crippen LogP) is 5.09. The van der Waals surface area contributed by atoms with E-state index >= 15 is 0 Å². The van der Waals surface area contributed by atoms with Gasteiger partial charge in [0.1, 0.15) is 11.3 Å². The number of rotatable bonds is 7. The molecule has 0 atom stereocenters. The zero-order valence-electron chi connectivity index (χ0n) is 14.8. The number of carboxylic acids is 1. The molecule has 0 aromatic heterocycles. The molecule has 2 rings (SSSR count). The minimum absolute atomic E-state index is 0.0862. The summed E-state index contributed by atoms with van der Waals surface area (Å²) in [5, 5.41) is 9.51. The minimum atomic E-state index is -1.05. The molecule has 0 heterocycles. The highest BCUT2D eigenvalue weighted by atomic mass is 16.5. The van der Waals surface area contributed by atoms with Crippen LogP contribution in [0.2, 0.25) is 0 Å². The van der Waals surface area contributed by atoms with Crippen LogP contribution in [0.5, 0.6) is 5.75 Å². The van der Waals surface area contributed by atoms with Crippen LogP contribution in [-0.2, 0) is 10.2 Å². The average Bonchev–Trinajstić information content (AvgIpc) is 2.55. The SMILES string of the molecule is CCCCCC(=O)Oc1c(C(=O)O)cccc1C1(C)CCCCC1. The van der Waals surface area contributed by atoms with Gasteiger partial charge in [-0.3, -0.25) is 4.79 Å². The fourth-order valence-electron chi connectivity index (χ4n) is 3.58. The number of esters is 1. The van der Waals surface area contributed by atoms with Crippen LogP contribution in [0, 0.1) is 0 Å². The van der Waals surface area contributed by atoms with E-state index in [9.17, 15) is 14.7 Å². The first-order valence-electron chi connectivity index (χ1n) is 9.05. The van der Waals surface area contributed by atoms with E-state index in [0.29, 0.717) is 6.42 Å². The minimum Gasteiger partial charge on any atom is -0.478 e. The van der Waals surface area contributed by atoms with Crippen molar-refractivity contribution < 1.29 is 19.4 Å². The summed E-state index contributed by atoms with van der Waals surface area (Å²) in [7, 11) is 0. The van der Waals surface area contributed by atoms with Gasteiger partial charge in [0, 0.05) is 12.0 Å². The van der Waals surface area contributed by atoms with Gasteiger partial charge in [0.25, 0.3) is 0 Å². The summed E-state index contributed by atoms with van der Waals surface area (Å²) in [5.41, 5.74) is 0.831. The Morgan fingerprint density at radius 3 is 2.50 bits per heavy atom. The lowest BCUT2D eigenvalue weighted by molar-refractivity contribution is -0.134. The smallest absolute Gasteiger partial charge is 0.339 e. The molecule has 24 heavy (non-hydrogen) atoms. The monoisotopic (exact) mass is 332 g/mol. The van der Waals surface area contributed by atoms with Gasteiger partial charge in [-0.05, 0) is 30.7 Å². The molecule has 132 valence electrons. The third-order valence-corrected chi connectivity index (χ3v) is 5.05. The van der Waals surface area contributed by atoms with Crippen molar-refractivity contribution in [2.75, 3.05) is 0 Å². The van der Waals surface area contributed by atoms with Crippen LogP contribution >= 0.6 is 0 Å². The van der Waals surface area contributed by atoms with Gasteiger partial charge in [0.2, 0.25) is 0 Å². The van der Waals surface area contributed by atoms with Gasteiger partial charge in [0.05, 0.1) is 0 Å². The molecule has 1 aliphatic carbocycles. The lowest BCUT2D eigenvalue weighted by atomic mass is 9.70. The average molecular weight is 332 g/mol. The molecule has 0 unspecified atom stereocenters. The quantitative estimate of drug-likeness (QED) is 0.429. The number of hydrogen-bond acceptors (Lipinski definition) is 3. The van der Waals surface area contributed by atoms with Crippen LogP contribution in [-0.4, -0.2) is 17.0 Å². The Labute approximate surface area is 144 Å². The van der Waals surface area contributed by atoms with Crippen LogP contribution in [0.1, 0.15) is 87.6 Å². The van der Waals surface area contributed by atoms with Gasteiger partial charge in [0.15, 0.2) is 0 Å². The predicted molar refractivity (Wildman–Crippen MR) is 93.6 cm³/mol. The van der Waals surface area contributed by atoms with E-state index in [1.165, 1.54) is 12.5 Å². The molecule has 4 heteroatoms. The zero-order valence-corrected chi connectivity index (χ0v) is 14.8. The number of carboxylic acid groups (broad SMARTS) is 1. The van der Waals surface area contributed by atoms with E-state index in [0.717, 1.165) is 50.5 Å². The molecule has 0 radical (unpaired) electrons. The topological polar surface area (TPSA) is 63.6 Å². The molecule has 0 amide bonds. The molecule has 1 N–H and O–H groups in total. The third-order valence-electron chi connectivity index (χ3n) is 5.05. The summed E-state index contributed by atoms with van der Waals surface area (Å²) in [5.74, 6) is -1.12. The summed E-state index contributed by atoms with van der Waals surface area (Å²) < 4.78 is 5.58. The Morgan fingerprint density at radius 2 is 1.88 bits per heavy atom. The molecular weight excluding hydrogens is 304 g/mol. The first-order valence-corrected chi connectivity index (χ1v) is 9.05. The Morgan fingerprint density at radius 1 is 1.17 bits per heavy atom. The Balaban J connectivity index is 2.32.